The average molecular weight is 274 g/mol. The van der Waals surface area contributed by atoms with E-state index in [0.29, 0.717) is 12.4 Å². The smallest absolute Gasteiger partial charge is 0.164 e. The van der Waals surface area contributed by atoms with E-state index >= 15 is 0 Å². The lowest BCUT2D eigenvalue weighted by molar-refractivity contribution is 0.822. The Morgan fingerprint density at radius 3 is 2.35 bits per heavy atom. The summed E-state index contributed by atoms with van der Waals surface area (Å²) in [6.07, 6.45) is 4.42. The third kappa shape index (κ3) is 4.63. The van der Waals surface area contributed by atoms with Gasteiger partial charge in [0, 0.05) is 0 Å². The predicted molar refractivity (Wildman–Crippen MR) is 87.0 cm³/mol. The van der Waals surface area contributed by atoms with E-state index in [4.69, 9.17) is 5.73 Å². The number of aryl methyl sites for hydroxylation is 1. The number of rotatable bonds is 6. The van der Waals surface area contributed by atoms with E-state index in [1.165, 1.54) is 0 Å². The van der Waals surface area contributed by atoms with Gasteiger partial charge in [-0.3, -0.25) is 0 Å². The van der Waals surface area contributed by atoms with Gasteiger partial charge in [0.15, 0.2) is 5.82 Å². The van der Waals surface area contributed by atoms with Gasteiger partial charge in [-0.2, -0.15) is 0 Å². The van der Waals surface area contributed by atoms with Crippen LogP contribution in [0.15, 0.2) is 43.0 Å². The maximum atomic E-state index is 5.55. The summed E-state index contributed by atoms with van der Waals surface area (Å²) in [7, 11) is 0. The summed E-state index contributed by atoms with van der Waals surface area (Å²) >= 11 is 0. The minimum absolute atomic E-state index is 0.322. The van der Waals surface area contributed by atoms with E-state index in [0.717, 1.165) is 29.1 Å². The largest absolute Gasteiger partial charge is 0.324 e. The molecule has 0 amide bonds. The van der Waals surface area contributed by atoms with Crippen molar-refractivity contribution in [1.29, 1.82) is 0 Å². The van der Waals surface area contributed by atoms with Gasteiger partial charge in [-0.15, -0.1) is 5.10 Å². The van der Waals surface area contributed by atoms with Gasteiger partial charge >= 0.3 is 0 Å². The van der Waals surface area contributed by atoms with Gasteiger partial charge in [0.2, 0.25) is 0 Å². The molecular formula is C16H26N4. The molecule has 1 heterocycles. The topological polar surface area (TPSA) is 56.7 Å². The van der Waals surface area contributed by atoms with E-state index in [1.54, 1.807) is 10.8 Å². The monoisotopic (exact) mass is 274 g/mol. The summed E-state index contributed by atoms with van der Waals surface area (Å²) in [5, 5.41) is 4.36. The molecule has 1 aromatic heterocycles. The Morgan fingerprint density at radius 1 is 1.35 bits per heavy atom. The minimum atomic E-state index is 0.322. The fraction of sp³-hybridized carbons (Fsp3) is 0.375. The molecule has 0 aliphatic rings. The molecule has 4 nitrogen and oxygen atoms in total. The molecule has 0 radical (unpaired) electrons. The first-order chi connectivity index (χ1) is 9.53. The molecule has 1 rings (SSSR count). The zero-order valence-electron chi connectivity index (χ0n) is 13.1. The molecular weight excluding hydrogens is 248 g/mol. The van der Waals surface area contributed by atoms with Crippen LogP contribution in [0.2, 0.25) is 0 Å². The SMILES string of the molecule is C=CC(=C)/C=C(/C(=C)CC)n1nc(CN)nc1C.CC. The van der Waals surface area contributed by atoms with Crippen LogP contribution < -0.4 is 5.73 Å². The van der Waals surface area contributed by atoms with Gasteiger partial charge in [-0.05, 0) is 30.6 Å². The standard InChI is InChI=1S/C14H20N4.C2H6/c1-6-10(3)8-13(11(4)7-2)18-12(5)16-14(9-15)17-18;1-2/h6,8H,1,3-4,7,9,15H2,2,5H3;1-2H3/b13-8-;. The molecule has 1 aromatic rings. The molecule has 2 N–H and O–H groups in total. The molecule has 110 valence electrons. The second-order valence-corrected chi connectivity index (χ2v) is 3.96. The fourth-order valence-electron chi connectivity index (χ4n) is 1.49. The zero-order valence-corrected chi connectivity index (χ0v) is 13.1. The van der Waals surface area contributed by atoms with Crippen molar-refractivity contribution < 1.29 is 0 Å². The molecule has 0 aliphatic heterocycles. The molecule has 4 heteroatoms. The summed E-state index contributed by atoms with van der Waals surface area (Å²) < 4.78 is 1.75. The number of nitrogens with two attached hydrogens (primary N) is 1. The molecule has 0 saturated heterocycles. The third-order valence-corrected chi connectivity index (χ3v) is 2.60. The van der Waals surface area contributed by atoms with Crippen molar-refractivity contribution in [2.24, 2.45) is 5.73 Å². The highest BCUT2D eigenvalue weighted by Crippen LogP contribution is 2.20. The van der Waals surface area contributed by atoms with Crippen LogP contribution in [0.25, 0.3) is 5.70 Å². The lowest BCUT2D eigenvalue weighted by Gasteiger charge is -2.10. The maximum absolute atomic E-state index is 5.55. The second kappa shape index (κ2) is 9.04. The van der Waals surface area contributed by atoms with Crippen molar-refractivity contribution >= 4 is 5.70 Å². The summed E-state index contributed by atoms with van der Waals surface area (Å²) in [6, 6.07) is 0. The van der Waals surface area contributed by atoms with Crippen LogP contribution in [-0.2, 0) is 6.54 Å². The fourth-order valence-corrected chi connectivity index (χ4v) is 1.49. The summed E-state index contributed by atoms with van der Waals surface area (Å²) in [5.41, 5.74) is 8.21. The van der Waals surface area contributed by atoms with Crippen molar-refractivity contribution in [1.82, 2.24) is 14.8 Å². The molecule has 0 spiro atoms. The molecule has 0 saturated carbocycles. The maximum Gasteiger partial charge on any atom is 0.164 e. The molecule has 20 heavy (non-hydrogen) atoms. The van der Waals surface area contributed by atoms with Crippen LogP contribution in [0.3, 0.4) is 0 Å². The van der Waals surface area contributed by atoms with Gasteiger partial charge in [0.25, 0.3) is 0 Å². The number of aromatic nitrogens is 3. The first kappa shape index (κ1) is 18.1. The van der Waals surface area contributed by atoms with Gasteiger partial charge in [-0.1, -0.05) is 46.6 Å². The van der Waals surface area contributed by atoms with E-state index in [-0.39, 0.29) is 0 Å². The quantitative estimate of drug-likeness (QED) is 0.806. The van der Waals surface area contributed by atoms with Gasteiger partial charge in [-0.25, -0.2) is 9.67 Å². The average Bonchev–Trinajstić information content (AvgIpc) is 2.86. The van der Waals surface area contributed by atoms with Crippen molar-refractivity contribution in [2.45, 2.75) is 40.7 Å². The summed E-state index contributed by atoms with van der Waals surface area (Å²) in [4.78, 5) is 4.29. The number of hydrogen-bond acceptors (Lipinski definition) is 3. The Hall–Kier alpha value is -1.94. The predicted octanol–water partition coefficient (Wildman–Crippen LogP) is 3.62. The number of nitrogens with zero attached hydrogens (tertiary/aromatic N) is 3. The lowest BCUT2D eigenvalue weighted by atomic mass is 10.1. The number of hydrogen-bond donors (Lipinski definition) is 1. The Balaban J connectivity index is 0.00000172. The van der Waals surface area contributed by atoms with Crippen LogP contribution >= 0.6 is 0 Å². The van der Waals surface area contributed by atoms with Crippen LogP contribution in [0.4, 0.5) is 0 Å². The van der Waals surface area contributed by atoms with Gasteiger partial charge in [0.1, 0.15) is 5.82 Å². The van der Waals surface area contributed by atoms with E-state index in [1.807, 2.05) is 33.8 Å². The molecule has 0 aromatic carbocycles. The van der Waals surface area contributed by atoms with Crippen LogP contribution in [0.1, 0.15) is 38.8 Å². The lowest BCUT2D eigenvalue weighted by Crippen LogP contribution is -2.05. The second-order valence-electron chi connectivity index (χ2n) is 3.96. The zero-order chi connectivity index (χ0) is 15.7. The molecule has 0 atom stereocenters. The first-order valence-electron chi connectivity index (χ1n) is 6.87. The Labute approximate surface area is 122 Å². The highest BCUT2D eigenvalue weighted by Gasteiger charge is 2.11. The molecule has 0 fully saturated rings. The normalized spacial score (nSPS) is 10.6. The van der Waals surface area contributed by atoms with Crippen molar-refractivity contribution in [3.05, 3.63) is 54.7 Å². The highest BCUT2D eigenvalue weighted by molar-refractivity contribution is 5.66. The van der Waals surface area contributed by atoms with Gasteiger partial charge in [0.05, 0.1) is 12.2 Å². The third-order valence-electron chi connectivity index (χ3n) is 2.60. The van der Waals surface area contributed by atoms with E-state index < -0.39 is 0 Å². The van der Waals surface area contributed by atoms with Gasteiger partial charge < -0.3 is 5.73 Å². The Kier molecular flexibility index (Phi) is 8.16. The van der Waals surface area contributed by atoms with Crippen molar-refractivity contribution in [3.8, 4) is 0 Å². The first-order valence-corrected chi connectivity index (χ1v) is 6.87. The summed E-state index contributed by atoms with van der Waals surface area (Å²) in [5.74, 6) is 1.40. The van der Waals surface area contributed by atoms with Crippen LogP contribution in [0.5, 0.6) is 0 Å². The van der Waals surface area contributed by atoms with E-state index in [2.05, 4.69) is 29.8 Å². The highest BCUT2D eigenvalue weighted by atomic mass is 15.4. The van der Waals surface area contributed by atoms with Crippen molar-refractivity contribution in [3.63, 3.8) is 0 Å². The summed E-state index contributed by atoms with van der Waals surface area (Å²) in [6.45, 7) is 19.9. The van der Waals surface area contributed by atoms with E-state index in [9.17, 15) is 0 Å². The van der Waals surface area contributed by atoms with Crippen LogP contribution in [0, 0.1) is 6.92 Å². The minimum Gasteiger partial charge on any atom is -0.324 e. The molecule has 0 aliphatic carbocycles. The molecule has 0 bridgehead atoms. The molecule has 0 unspecified atom stereocenters. The Bertz CT molecular complexity index is 507. The van der Waals surface area contributed by atoms with Crippen molar-refractivity contribution in [2.75, 3.05) is 0 Å². The van der Waals surface area contributed by atoms with Crippen LogP contribution in [-0.4, -0.2) is 14.8 Å². The number of allylic oxidation sites excluding steroid dienone is 5. The Morgan fingerprint density at radius 2 is 1.95 bits per heavy atom.